The smallest absolute Gasteiger partial charge is 0.317 e. The largest absolute Gasteiger partial charge is 0.491 e. The molecule has 0 aromatic heterocycles. The van der Waals surface area contributed by atoms with Gasteiger partial charge in [-0.2, -0.15) is 0 Å². The van der Waals surface area contributed by atoms with E-state index in [0.717, 1.165) is 12.1 Å². The maximum absolute atomic E-state index is 13.9. The summed E-state index contributed by atoms with van der Waals surface area (Å²) in [6.45, 7) is 5.49. The van der Waals surface area contributed by atoms with Gasteiger partial charge in [0.25, 0.3) is 0 Å². The molecule has 0 saturated carbocycles. The van der Waals surface area contributed by atoms with Gasteiger partial charge in [0.1, 0.15) is 0 Å². The van der Waals surface area contributed by atoms with Crippen molar-refractivity contribution in [2.45, 2.75) is 19.6 Å². The molecule has 1 aliphatic heterocycles. The van der Waals surface area contributed by atoms with Crippen molar-refractivity contribution in [3.8, 4) is 5.75 Å². The SMILES string of the molecule is CCOc1ccc(CN2CCOC(CN(C)CC(=O)O)C2)cc1F. The fraction of sp³-hybridized carbons (Fsp3) is 0.588. The molecule has 0 bridgehead atoms. The van der Waals surface area contributed by atoms with Gasteiger partial charge in [-0.3, -0.25) is 14.6 Å². The molecule has 2 rings (SSSR count). The molecule has 1 N–H and O–H groups in total. The first kappa shape index (κ1) is 18.6. The summed E-state index contributed by atoms with van der Waals surface area (Å²) in [5, 5.41) is 8.81. The quantitative estimate of drug-likeness (QED) is 0.773. The zero-order valence-electron chi connectivity index (χ0n) is 14.2. The summed E-state index contributed by atoms with van der Waals surface area (Å²) in [6.07, 6.45) is -0.0457. The third-order valence-electron chi connectivity index (χ3n) is 3.85. The third-order valence-corrected chi connectivity index (χ3v) is 3.85. The summed E-state index contributed by atoms with van der Waals surface area (Å²) in [4.78, 5) is 14.6. The molecule has 0 aliphatic carbocycles. The number of morpholine rings is 1. The molecule has 1 atom stereocenters. The minimum Gasteiger partial charge on any atom is -0.491 e. The Hall–Kier alpha value is -1.70. The van der Waals surface area contributed by atoms with Crippen LogP contribution in [-0.2, 0) is 16.1 Å². The van der Waals surface area contributed by atoms with Gasteiger partial charge in [0.2, 0.25) is 0 Å². The van der Waals surface area contributed by atoms with Crippen LogP contribution in [-0.4, -0.2) is 73.4 Å². The Labute approximate surface area is 141 Å². The van der Waals surface area contributed by atoms with Crippen LogP contribution in [0.25, 0.3) is 0 Å². The summed E-state index contributed by atoms with van der Waals surface area (Å²) >= 11 is 0. The van der Waals surface area contributed by atoms with Gasteiger partial charge in [0.05, 0.1) is 25.9 Å². The molecule has 1 unspecified atom stereocenters. The first-order chi connectivity index (χ1) is 11.5. The topological polar surface area (TPSA) is 62.2 Å². The molecule has 1 fully saturated rings. The van der Waals surface area contributed by atoms with Crippen molar-refractivity contribution in [3.05, 3.63) is 29.6 Å². The normalized spacial score (nSPS) is 18.8. The van der Waals surface area contributed by atoms with Crippen molar-refractivity contribution in [2.75, 3.05) is 46.4 Å². The van der Waals surface area contributed by atoms with Gasteiger partial charge >= 0.3 is 5.97 Å². The molecular formula is C17H25FN2O4. The van der Waals surface area contributed by atoms with Gasteiger partial charge in [-0.05, 0) is 31.7 Å². The monoisotopic (exact) mass is 340 g/mol. The molecule has 0 amide bonds. The molecule has 24 heavy (non-hydrogen) atoms. The van der Waals surface area contributed by atoms with Crippen LogP contribution >= 0.6 is 0 Å². The standard InChI is InChI=1S/C17H25FN2O4/c1-3-23-16-5-4-13(8-15(16)18)9-20-6-7-24-14(11-20)10-19(2)12-17(21)22/h4-5,8,14H,3,6-7,9-12H2,1-2H3,(H,21,22). The van der Waals surface area contributed by atoms with E-state index in [2.05, 4.69) is 4.90 Å². The Balaban J connectivity index is 1.88. The highest BCUT2D eigenvalue weighted by Gasteiger charge is 2.22. The van der Waals surface area contributed by atoms with Crippen LogP contribution in [0.3, 0.4) is 0 Å². The lowest BCUT2D eigenvalue weighted by Crippen LogP contribution is -2.47. The average Bonchev–Trinajstić information content (AvgIpc) is 2.49. The molecule has 6 nitrogen and oxygen atoms in total. The number of halogens is 1. The highest BCUT2D eigenvalue weighted by molar-refractivity contribution is 5.69. The van der Waals surface area contributed by atoms with Crippen LogP contribution < -0.4 is 4.74 Å². The van der Waals surface area contributed by atoms with E-state index in [-0.39, 0.29) is 24.2 Å². The number of carboxylic acids is 1. The van der Waals surface area contributed by atoms with E-state index < -0.39 is 5.97 Å². The first-order valence-electron chi connectivity index (χ1n) is 8.13. The number of likely N-dealkylation sites (N-methyl/N-ethyl adjacent to an activating group) is 1. The van der Waals surface area contributed by atoms with Gasteiger partial charge in [-0.1, -0.05) is 6.07 Å². The van der Waals surface area contributed by atoms with Gasteiger partial charge in [0.15, 0.2) is 11.6 Å². The summed E-state index contributed by atoms with van der Waals surface area (Å²) in [5.74, 6) is -0.924. The Bertz CT molecular complexity index is 555. The second kappa shape index (κ2) is 8.96. The summed E-state index contributed by atoms with van der Waals surface area (Å²) in [5.41, 5.74) is 0.885. The van der Waals surface area contributed by atoms with Gasteiger partial charge in [-0.25, -0.2) is 4.39 Å². The molecule has 1 aromatic rings. The van der Waals surface area contributed by atoms with Crippen LogP contribution in [0.2, 0.25) is 0 Å². The lowest BCUT2D eigenvalue weighted by atomic mass is 10.1. The van der Waals surface area contributed by atoms with Crippen LogP contribution in [0.1, 0.15) is 12.5 Å². The molecule has 1 heterocycles. The average molecular weight is 340 g/mol. The third kappa shape index (κ3) is 5.74. The zero-order chi connectivity index (χ0) is 17.5. The van der Waals surface area contributed by atoms with Crippen LogP contribution in [0.4, 0.5) is 4.39 Å². The van der Waals surface area contributed by atoms with Crippen molar-refractivity contribution in [1.29, 1.82) is 0 Å². The Kier molecular flexibility index (Phi) is 6.96. The molecule has 7 heteroatoms. The predicted octanol–water partition coefficient (Wildman–Crippen LogP) is 1.44. The van der Waals surface area contributed by atoms with E-state index in [1.807, 2.05) is 13.0 Å². The molecule has 0 spiro atoms. The lowest BCUT2D eigenvalue weighted by molar-refractivity contribution is -0.138. The first-order valence-corrected chi connectivity index (χ1v) is 8.13. The van der Waals surface area contributed by atoms with E-state index in [9.17, 15) is 9.18 Å². The number of hydrogen-bond acceptors (Lipinski definition) is 5. The predicted molar refractivity (Wildman–Crippen MR) is 87.7 cm³/mol. The molecule has 1 aliphatic rings. The number of carboxylic acid groups (broad SMARTS) is 1. The fourth-order valence-electron chi connectivity index (χ4n) is 2.85. The summed E-state index contributed by atoms with van der Waals surface area (Å²) < 4.78 is 24.8. The minimum atomic E-state index is -0.852. The van der Waals surface area contributed by atoms with Crippen LogP contribution in [0.15, 0.2) is 18.2 Å². The van der Waals surface area contributed by atoms with E-state index in [0.29, 0.717) is 32.8 Å². The molecule has 134 valence electrons. The highest BCUT2D eigenvalue weighted by Crippen LogP contribution is 2.20. The molecule has 0 radical (unpaired) electrons. The second-order valence-corrected chi connectivity index (χ2v) is 6.02. The molecule has 1 saturated heterocycles. The Morgan fingerprint density at radius 2 is 2.33 bits per heavy atom. The van der Waals surface area contributed by atoms with Crippen LogP contribution in [0.5, 0.6) is 5.75 Å². The highest BCUT2D eigenvalue weighted by atomic mass is 19.1. The Morgan fingerprint density at radius 1 is 1.54 bits per heavy atom. The second-order valence-electron chi connectivity index (χ2n) is 6.02. The molecular weight excluding hydrogens is 315 g/mol. The number of ether oxygens (including phenoxy) is 2. The van der Waals surface area contributed by atoms with Gasteiger partial charge in [0, 0.05) is 26.2 Å². The number of carbonyl (C=O) groups is 1. The van der Waals surface area contributed by atoms with Crippen molar-refractivity contribution < 1.29 is 23.8 Å². The minimum absolute atomic E-state index is 0.00996. The van der Waals surface area contributed by atoms with Crippen molar-refractivity contribution in [3.63, 3.8) is 0 Å². The molecule has 1 aromatic carbocycles. The van der Waals surface area contributed by atoms with Gasteiger partial charge in [-0.15, -0.1) is 0 Å². The zero-order valence-corrected chi connectivity index (χ0v) is 14.2. The fourth-order valence-corrected chi connectivity index (χ4v) is 2.85. The number of rotatable bonds is 8. The summed E-state index contributed by atoms with van der Waals surface area (Å²) in [6, 6.07) is 5.04. The maximum atomic E-state index is 13.9. The number of benzene rings is 1. The lowest BCUT2D eigenvalue weighted by Gasteiger charge is -2.34. The van der Waals surface area contributed by atoms with Crippen LogP contribution in [0, 0.1) is 5.82 Å². The van der Waals surface area contributed by atoms with E-state index in [1.165, 1.54) is 6.07 Å². The van der Waals surface area contributed by atoms with Crippen molar-refractivity contribution in [1.82, 2.24) is 9.80 Å². The van der Waals surface area contributed by atoms with Crippen molar-refractivity contribution in [2.24, 2.45) is 0 Å². The summed E-state index contributed by atoms with van der Waals surface area (Å²) in [7, 11) is 1.76. The number of nitrogens with zero attached hydrogens (tertiary/aromatic N) is 2. The van der Waals surface area contributed by atoms with Gasteiger partial charge < -0.3 is 14.6 Å². The Morgan fingerprint density at radius 3 is 3.00 bits per heavy atom. The maximum Gasteiger partial charge on any atom is 0.317 e. The number of aliphatic carboxylic acids is 1. The van der Waals surface area contributed by atoms with E-state index in [1.54, 1.807) is 18.0 Å². The number of hydrogen-bond donors (Lipinski definition) is 1. The van der Waals surface area contributed by atoms with E-state index in [4.69, 9.17) is 14.6 Å². The van der Waals surface area contributed by atoms with E-state index >= 15 is 0 Å². The van der Waals surface area contributed by atoms with Crippen molar-refractivity contribution >= 4 is 5.97 Å².